The molecule has 0 aliphatic carbocycles. The highest BCUT2D eigenvalue weighted by Crippen LogP contribution is 2.26. The number of aryl methyl sites for hydroxylation is 1. The van der Waals surface area contributed by atoms with Crippen LogP contribution in [0.4, 0.5) is 4.79 Å². The number of thiazole rings is 1. The second-order valence-electron chi connectivity index (χ2n) is 6.80. The average molecular weight is 374 g/mol. The van der Waals surface area contributed by atoms with Gasteiger partial charge in [0.25, 0.3) is 0 Å². The molecule has 0 unspecified atom stereocenters. The Balaban J connectivity index is 1.43. The number of hydrogen-bond acceptors (Lipinski definition) is 5. The number of rotatable bonds is 8. The van der Waals surface area contributed by atoms with Crippen LogP contribution in [0.3, 0.4) is 0 Å². The molecule has 1 aromatic heterocycles. The summed E-state index contributed by atoms with van der Waals surface area (Å²) in [6.45, 7) is 4.00. The third kappa shape index (κ3) is 5.81. The predicted molar refractivity (Wildman–Crippen MR) is 105 cm³/mol. The van der Waals surface area contributed by atoms with Crippen LogP contribution >= 0.6 is 11.3 Å². The van der Waals surface area contributed by atoms with E-state index >= 15 is 0 Å². The van der Waals surface area contributed by atoms with Gasteiger partial charge in [-0.05, 0) is 57.3 Å². The number of aromatic nitrogens is 1. The van der Waals surface area contributed by atoms with Crippen LogP contribution < -0.4 is 5.73 Å². The Morgan fingerprint density at radius 3 is 2.65 bits per heavy atom. The van der Waals surface area contributed by atoms with E-state index in [1.54, 1.807) is 6.20 Å². The van der Waals surface area contributed by atoms with Crippen molar-refractivity contribution in [2.45, 2.75) is 45.1 Å². The van der Waals surface area contributed by atoms with Gasteiger partial charge in [0.2, 0.25) is 0 Å². The molecule has 2 N–H and O–H groups in total. The summed E-state index contributed by atoms with van der Waals surface area (Å²) < 4.78 is 4.80. The molecular formula is C20H27N3O2S. The quantitative estimate of drug-likeness (QED) is 0.704. The molecule has 0 atom stereocenters. The van der Waals surface area contributed by atoms with Crippen LogP contribution in [0.25, 0.3) is 10.6 Å². The Morgan fingerprint density at radius 2 is 1.92 bits per heavy atom. The third-order valence-electron chi connectivity index (χ3n) is 4.75. The van der Waals surface area contributed by atoms with E-state index in [0.717, 1.165) is 21.9 Å². The number of nitrogens with two attached hydrogens (primary N) is 1. The summed E-state index contributed by atoms with van der Waals surface area (Å²) in [6, 6.07) is 8.63. The molecule has 2 heterocycles. The lowest BCUT2D eigenvalue weighted by molar-refractivity contribution is 0.151. The first-order chi connectivity index (χ1) is 12.7. The van der Waals surface area contributed by atoms with Crippen LogP contribution in [0.5, 0.6) is 0 Å². The van der Waals surface area contributed by atoms with Crippen LogP contribution in [-0.4, -0.2) is 35.6 Å². The van der Waals surface area contributed by atoms with E-state index in [9.17, 15) is 4.79 Å². The lowest BCUT2D eigenvalue weighted by Crippen LogP contribution is -2.30. The Morgan fingerprint density at radius 1 is 1.15 bits per heavy atom. The summed E-state index contributed by atoms with van der Waals surface area (Å²) in [6.07, 6.45) is 8.76. The van der Waals surface area contributed by atoms with Crippen LogP contribution in [0.15, 0.2) is 30.5 Å². The lowest BCUT2D eigenvalue weighted by Gasteiger charge is -2.26. The fourth-order valence-corrected chi connectivity index (χ4v) is 4.14. The zero-order chi connectivity index (χ0) is 18.2. The zero-order valence-corrected chi connectivity index (χ0v) is 16.0. The minimum atomic E-state index is -0.760. The number of likely N-dealkylation sites (tertiary alicyclic amines) is 1. The molecule has 140 valence electrons. The zero-order valence-electron chi connectivity index (χ0n) is 15.2. The van der Waals surface area contributed by atoms with E-state index in [4.69, 9.17) is 10.5 Å². The molecule has 1 aromatic carbocycles. The third-order valence-corrected chi connectivity index (χ3v) is 5.77. The van der Waals surface area contributed by atoms with Gasteiger partial charge in [0, 0.05) is 11.8 Å². The summed E-state index contributed by atoms with van der Waals surface area (Å²) in [5.74, 6) is 0. The van der Waals surface area contributed by atoms with E-state index in [2.05, 4.69) is 34.1 Å². The Hall–Kier alpha value is -1.92. The number of carbonyl (C=O) groups excluding carboxylic acids is 1. The van der Waals surface area contributed by atoms with Crippen molar-refractivity contribution in [2.24, 2.45) is 5.73 Å². The highest BCUT2D eigenvalue weighted by molar-refractivity contribution is 7.15. The van der Waals surface area contributed by atoms with Gasteiger partial charge in [-0.1, -0.05) is 30.7 Å². The second-order valence-corrected chi connectivity index (χ2v) is 7.91. The number of nitrogens with zero attached hydrogens (tertiary/aromatic N) is 2. The molecule has 0 bridgehead atoms. The first kappa shape index (κ1) is 18.9. The highest BCUT2D eigenvalue weighted by Gasteiger charge is 2.09. The van der Waals surface area contributed by atoms with E-state index in [1.165, 1.54) is 68.6 Å². The summed E-state index contributed by atoms with van der Waals surface area (Å²) in [5.41, 5.74) is 7.46. The highest BCUT2D eigenvalue weighted by atomic mass is 32.1. The van der Waals surface area contributed by atoms with Crippen molar-refractivity contribution in [2.75, 3.05) is 19.6 Å². The number of primary amides is 1. The van der Waals surface area contributed by atoms with Gasteiger partial charge in [-0.25, -0.2) is 9.78 Å². The number of amides is 1. The van der Waals surface area contributed by atoms with Crippen molar-refractivity contribution < 1.29 is 9.53 Å². The van der Waals surface area contributed by atoms with Crippen LogP contribution in [0, 0.1) is 0 Å². The number of benzene rings is 1. The minimum absolute atomic E-state index is 0.183. The molecule has 0 radical (unpaired) electrons. The molecule has 6 heteroatoms. The largest absolute Gasteiger partial charge is 0.444 e. The molecule has 0 saturated carbocycles. The fraction of sp³-hybridized carbons (Fsp3) is 0.500. The predicted octanol–water partition coefficient (Wildman–Crippen LogP) is 4.21. The summed E-state index contributed by atoms with van der Waals surface area (Å²) in [4.78, 5) is 18.6. The minimum Gasteiger partial charge on any atom is -0.444 e. The van der Waals surface area contributed by atoms with Crippen molar-refractivity contribution >= 4 is 17.4 Å². The average Bonchev–Trinajstić information content (AvgIpc) is 3.14. The number of hydrogen-bond donors (Lipinski definition) is 1. The maximum absolute atomic E-state index is 10.7. The van der Waals surface area contributed by atoms with Crippen LogP contribution in [-0.2, 0) is 17.8 Å². The number of ether oxygens (including phenoxy) is 1. The number of unbranched alkanes of at least 4 members (excludes halogenated alkanes) is 1. The molecule has 1 fully saturated rings. The van der Waals surface area contributed by atoms with Crippen molar-refractivity contribution in [1.29, 1.82) is 0 Å². The molecule has 1 saturated heterocycles. The molecule has 5 nitrogen and oxygen atoms in total. The van der Waals surface area contributed by atoms with E-state index in [1.807, 2.05) is 0 Å². The van der Waals surface area contributed by atoms with Gasteiger partial charge in [0.1, 0.15) is 11.6 Å². The fourth-order valence-electron chi connectivity index (χ4n) is 3.31. The van der Waals surface area contributed by atoms with Gasteiger partial charge in [0.05, 0.1) is 4.88 Å². The van der Waals surface area contributed by atoms with Gasteiger partial charge in [0.15, 0.2) is 0 Å². The van der Waals surface area contributed by atoms with Gasteiger partial charge in [-0.15, -0.1) is 11.3 Å². The smallest absolute Gasteiger partial charge is 0.404 e. The lowest BCUT2D eigenvalue weighted by atomic mass is 10.1. The molecule has 1 aliphatic rings. The maximum atomic E-state index is 10.7. The number of carbonyl (C=O) groups is 1. The van der Waals surface area contributed by atoms with Crippen molar-refractivity contribution in [1.82, 2.24) is 9.88 Å². The molecule has 3 rings (SSSR count). The van der Waals surface area contributed by atoms with Gasteiger partial charge >= 0.3 is 6.09 Å². The summed E-state index contributed by atoms with van der Waals surface area (Å²) in [7, 11) is 0. The standard InChI is InChI=1S/C20H27N3O2S/c21-20(24)25-15-18-14-22-19(26-18)17-9-7-16(8-10-17)6-2-5-13-23-11-3-1-4-12-23/h7-10,14H,1-6,11-13,15H2,(H2,21,24). The van der Waals surface area contributed by atoms with Crippen molar-refractivity contribution in [3.8, 4) is 10.6 Å². The van der Waals surface area contributed by atoms with Crippen LogP contribution in [0.1, 0.15) is 42.5 Å². The van der Waals surface area contributed by atoms with E-state index in [-0.39, 0.29) is 6.61 Å². The Kier molecular flexibility index (Phi) is 7.03. The van der Waals surface area contributed by atoms with Crippen LogP contribution in [0.2, 0.25) is 0 Å². The normalized spacial score (nSPS) is 15.1. The van der Waals surface area contributed by atoms with Crippen molar-refractivity contribution in [3.05, 3.63) is 40.9 Å². The molecular weight excluding hydrogens is 346 g/mol. The Bertz CT molecular complexity index is 693. The molecule has 0 spiro atoms. The molecule has 2 aromatic rings. The second kappa shape index (κ2) is 9.69. The first-order valence-corrected chi connectivity index (χ1v) is 10.2. The first-order valence-electron chi connectivity index (χ1n) is 9.39. The summed E-state index contributed by atoms with van der Waals surface area (Å²) >= 11 is 1.52. The van der Waals surface area contributed by atoms with Crippen molar-refractivity contribution in [3.63, 3.8) is 0 Å². The SMILES string of the molecule is NC(=O)OCc1cnc(-c2ccc(CCCCN3CCCCC3)cc2)s1. The Labute approximate surface area is 159 Å². The van der Waals surface area contributed by atoms with E-state index < -0.39 is 6.09 Å². The molecule has 1 aliphatic heterocycles. The maximum Gasteiger partial charge on any atom is 0.404 e. The van der Waals surface area contributed by atoms with Gasteiger partial charge in [-0.3, -0.25) is 0 Å². The summed E-state index contributed by atoms with van der Waals surface area (Å²) in [5, 5.41) is 0.935. The van der Waals surface area contributed by atoms with Gasteiger partial charge < -0.3 is 15.4 Å². The topological polar surface area (TPSA) is 68.5 Å². The van der Waals surface area contributed by atoms with Gasteiger partial charge in [-0.2, -0.15) is 0 Å². The monoisotopic (exact) mass is 373 g/mol. The number of piperidine rings is 1. The van der Waals surface area contributed by atoms with E-state index in [0.29, 0.717) is 0 Å². The molecule has 26 heavy (non-hydrogen) atoms. The molecule has 1 amide bonds.